The number of amides is 4. The van der Waals surface area contributed by atoms with Gasteiger partial charge in [0.1, 0.15) is 23.7 Å². The first-order valence-electron chi connectivity index (χ1n) is 25.2. The molecule has 2 bridgehead atoms. The van der Waals surface area contributed by atoms with Crippen LogP contribution in [0.15, 0.2) is 60.8 Å². The quantitative estimate of drug-likeness (QED) is 0.108. The summed E-state index contributed by atoms with van der Waals surface area (Å²) >= 11 is 0. The van der Waals surface area contributed by atoms with Gasteiger partial charge < -0.3 is 39.9 Å². The second kappa shape index (κ2) is 15.7. The van der Waals surface area contributed by atoms with Crippen molar-refractivity contribution in [2.24, 2.45) is 23.2 Å². The van der Waals surface area contributed by atoms with E-state index in [0.717, 1.165) is 32.1 Å². The maximum Gasteiger partial charge on any atom is 0.407 e. The van der Waals surface area contributed by atoms with Gasteiger partial charge in [0.15, 0.2) is 0 Å². The number of carbonyl (C=O) groups excluding carboxylic acids is 4. The van der Waals surface area contributed by atoms with Gasteiger partial charge in [0.05, 0.1) is 57.3 Å². The number of piperidine rings is 1. The molecule has 2 saturated carbocycles. The van der Waals surface area contributed by atoms with Gasteiger partial charge in [-0.3, -0.25) is 9.59 Å². The van der Waals surface area contributed by atoms with E-state index in [0.29, 0.717) is 69.2 Å². The molecule has 14 nitrogen and oxygen atoms in total. The molecule has 4 fully saturated rings. The largest absolute Gasteiger partial charge is 0.453 e. The van der Waals surface area contributed by atoms with E-state index in [1.807, 2.05) is 18.2 Å². The maximum absolute atomic E-state index is 16.7. The molecule has 3 aromatic carbocycles. The van der Waals surface area contributed by atoms with Gasteiger partial charge in [-0.2, -0.15) is 8.78 Å². The van der Waals surface area contributed by atoms with Crippen molar-refractivity contribution in [1.29, 1.82) is 0 Å². The van der Waals surface area contributed by atoms with Gasteiger partial charge in [-0.15, -0.1) is 0 Å². The van der Waals surface area contributed by atoms with Crippen LogP contribution in [0.3, 0.4) is 0 Å². The van der Waals surface area contributed by atoms with Crippen LogP contribution in [0, 0.1) is 23.2 Å². The highest BCUT2D eigenvalue weighted by Crippen LogP contribution is 2.59. The second-order valence-corrected chi connectivity index (χ2v) is 19.2. The number of imidazole rings is 2. The van der Waals surface area contributed by atoms with Crippen LogP contribution < -0.4 is 10.6 Å². The molecule has 10 rings (SSSR count). The number of aromatic amines is 2. The highest BCUT2D eigenvalue weighted by Gasteiger charge is 2.56. The number of carbonyl (C=O) groups is 4. The van der Waals surface area contributed by atoms with E-state index in [2.05, 4.69) is 35.1 Å². The third kappa shape index (κ3) is 7.19. The second-order valence-electron chi connectivity index (χ2n) is 19.2. The van der Waals surface area contributed by atoms with E-state index >= 15 is 8.78 Å². The maximum atomic E-state index is 16.7. The number of methoxy groups -OCH3 is 2. The van der Waals surface area contributed by atoms with E-state index in [1.165, 1.54) is 12.1 Å². The Bertz CT molecular complexity index is 2970. The molecule has 5 aromatic rings. The van der Waals surface area contributed by atoms with Gasteiger partial charge >= 0.3 is 12.2 Å². The summed E-state index contributed by atoms with van der Waals surface area (Å²) in [5, 5.41) is 4.91. The number of alkyl carbamates (subject to hydrolysis) is 2. The van der Waals surface area contributed by atoms with E-state index in [4.69, 9.17) is 13.2 Å². The van der Waals surface area contributed by atoms with Crippen LogP contribution in [-0.2, 0) is 25.0 Å². The van der Waals surface area contributed by atoms with Crippen LogP contribution in [0.4, 0.5) is 18.4 Å². The number of likely N-dealkylation sites (tertiary alicyclic amines) is 2. The standard InChI is InChI=1S/C49H54F2N8O6/c1-24(2)39(56-46(62)64-5)44(60)58-23-48(15-16-48)21-38(58)42-52-22-37(55-42)28-9-13-32-31-12-8-26(18-33(31)49(50,51)34(32)19-28)27-10-14-35-36(20-27)54-43(53-35)41-29-7-11-30(17-29)59(41)45(61)40(25(3)4)57-47(63)65-6/h8-10,12-14,18-20,22,24-25,29-30,38-41H,7,11,15-17,21,23H2,1-6H3,(H,52,55)(H,53,54)(H,56,62)(H,57,63)/t29-,30+,38-,39-,40-,41-/m0/s1/i5D3,6D3. The fourth-order valence-corrected chi connectivity index (χ4v) is 11.0. The SMILES string of the molecule is [2H]C([2H])([2H])OC(=O)N[C@H](C(=O)N1CC2(CC2)C[C@H]1c1ncc(-c2ccc3c(c2)C(F)(F)c2cc(-c4ccc5nc([C@@H]6[C@H]7CC[C@H](C7)N6C(=O)[C@@H](NC(=O)OC([2H])([2H])[2H])C(C)C)[nH]c5c4)ccc2-3)[nH]1)C(C)C. The zero-order chi connectivity index (χ0) is 50.7. The number of hydrogen-bond acceptors (Lipinski definition) is 8. The summed E-state index contributed by atoms with van der Waals surface area (Å²) in [5.41, 5.74) is 3.86. The Kier molecular flexibility index (Phi) is 8.68. The number of nitrogens with zero attached hydrogens (tertiary/aromatic N) is 4. The fraction of sp³-hybridized carbons (Fsp3) is 0.469. The Morgan fingerprint density at radius 3 is 2.11 bits per heavy atom. The van der Waals surface area contributed by atoms with Gasteiger partial charge in [-0.05, 0) is 108 Å². The highest BCUT2D eigenvalue weighted by atomic mass is 19.3. The average Bonchev–Trinajstić information content (AvgIpc) is 3.94. The molecule has 4 N–H and O–H groups in total. The van der Waals surface area contributed by atoms with E-state index < -0.39 is 68.2 Å². The van der Waals surface area contributed by atoms with E-state index in [-0.39, 0.29) is 40.3 Å². The molecule has 0 unspecified atom stereocenters. The van der Waals surface area contributed by atoms with Crippen molar-refractivity contribution in [3.63, 3.8) is 0 Å². The molecule has 4 heterocycles. The summed E-state index contributed by atoms with van der Waals surface area (Å²) in [4.78, 5) is 72.9. The molecular formula is C49H54F2N8O6. The number of nitrogens with one attached hydrogen (secondary N) is 4. The predicted molar refractivity (Wildman–Crippen MR) is 237 cm³/mol. The molecule has 6 atom stereocenters. The number of hydrogen-bond donors (Lipinski definition) is 4. The van der Waals surface area contributed by atoms with Crippen LogP contribution >= 0.6 is 0 Å². The lowest BCUT2D eigenvalue weighted by atomic mass is 9.95. The number of halogens is 2. The van der Waals surface area contributed by atoms with Crippen molar-refractivity contribution in [1.82, 2.24) is 40.4 Å². The number of fused-ring (bicyclic) bond motifs is 6. The van der Waals surface area contributed by atoms with E-state index in [9.17, 15) is 19.2 Å². The Morgan fingerprint density at radius 2 is 1.45 bits per heavy atom. The van der Waals surface area contributed by atoms with Crippen molar-refractivity contribution in [3.8, 4) is 33.5 Å². The van der Waals surface area contributed by atoms with Gasteiger partial charge in [-0.25, -0.2) is 19.6 Å². The molecule has 4 amide bonds. The normalized spacial score (nSPS) is 24.7. The molecule has 5 aliphatic rings. The summed E-state index contributed by atoms with van der Waals surface area (Å²) in [5.74, 6) is -3.76. The van der Waals surface area contributed by atoms with Crippen molar-refractivity contribution in [2.45, 2.75) is 102 Å². The van der Waals surface area contributed by atoms with Gasteiger partial charge in [0.25, 0.3) is 5.92 Å². The third-order valence-corrected chi connectivity index (χ3v) is 14.5. The molecule has 2 saturated heterocycles. The summed E-state index contributed by atoms with van der Waals surface area (Å²) in [6.07, 6.45) is 3.97. The topological polar surface area (TPSA) is 175 Å². The molecule has 16 heteroatoms. The zero-order valence-corrected chi connectivity index (χ0v) is 36.3. The third-order valence-electron chi connectivity index (χ3n) is 14.5. The first kappa shape index (κ1) is 36.0. The molecule has 3 aliphatic carbocycles. The minimum absolute atomic E-state index is 0.0926. The molecule has 65 heavy (non-hydrogen) atoms. The Labute approximate surface area is 383 Å². The lowest BCUT2D eigenvalue weighted by Gasteiger charge is -2.37. The van der Waals surface area contributed by atoms with Crippen molar-refractivity contribution < 1.29 is 45.7 Å². The van der Waals surface area contributed by atoms with Gasteiger partial charge in [-0.1, -0.05) is 58.0 Å². The summed E-state index contributed by atoms with van der Waals surface area (Å²) in [6, 6.07) is 12.3. The van der Waals surface area contributed by atoms with Crippen LogP contribution in [0.25, 0.3) is 44.5 Å². The molecule has 0 radical (unpaired) electrons. The van der Waals surface area contributed by atoms with E-state index in [1.54, 1.807) is 68.0 Å². The molecule has 340 valence electrons. The monoisotopic (exact) mass is 894 g/mol. The van der Waals surface area contributed by atoms with Crippen molar-refractivity contribution >= 4 is 35.0 Å². The molecule has 2 aliphatic heterocycles. The average molecular weight is 895 g/mol. The predicted octanol–water partition coefficient (Wildman–Crippen LogP) is 8.61. The van der Waals surface area contributed by atoms with Crippen LogP contribution in [-0.4, -0.2) is 92.5 Å². The first-order valence-corrected chi connectivity index (χ1v) is 22.2. The van der Waals surface area contributed by atoms with Gasteiger partial charge in [0.2, 0.25) is 11.8 Å². The van der Waals surface area contributed by atoms with Gasteiger partial charge in [0, 0.05) is 29.3 Å². The lowest BCUT2D eigenvalue weighted by molar-refractivity contribution is -0.139. The summed E-state index contributed by atoms with van der Waals surface area (Å²) < 4.78 is 86.2. The number of rotatable bonds is 10. The zero-order valence-electron chi connectivity index (χ0n) is 42.3. The lowest BCUT2D eigenvalue weighted by Crippen LogP contribution is -2.54. The minimum Gasteiger partial charge on any atom is -0.453 e. The molecule has 2 aromatic heterocycles. The van der Waals surface area contributed by atoms with Crippen molar-refractivity contribution in [3.05, 3.63) is 83.6 Å². The smallest absolute Gasteiger partial charge is 0.407 e. The number of ether oxygens (including phenoxy) is 2. The highest BCUT2D eigenvalue weighted by molar-refractivity contribution is 5.89. The molecular weight excluding hydrogens is 835 g/mol. The van der Waals surface area contributed by atoms with Crippen molar-refractivity contribution in [2.75, 3.05) is 20.6 Å². The summed E-state index contributed by atoms with van der Waals surface area (Å²) in [6.45, 7) is 7.42. The number of aromatic nitrogens is 4. The van der Waals surface area contributed by atoms with Crippen LogP contribution in [0.2, 0.25) is 0 Å². The Balaban J connectivity index is 0.875. The Morgan fingerprint density at radius 1 is 0.815 bits per heavy atom. The van der Waals surface area contributed by atoms with Crippen LogP contribution in [0.1, 0.15) is 109 Å². The number of benzene rings is 3. The minimum atomic E-state index is -3.36. The fourth-order valence-electron chi connectivity index (χ4n) is 11.0. The number of H-pyrrole nitrogens is 2. The van der Waals surface area contributed by atoms with Crippen LogP contribution in [0.5, 0.6) is 0 Å². The first-order chi connectivity index (χ1) is 33.4. The number of alkyl halides is 2. The Hall–Kier alpha value is -6.32. The summed E-state index contributed by atoms with van der Waals surface area (Å²) in [7, 11) is -5.95. The molecule has 1 spiro atoms.